The van der Waals surface area contributed by atoms with E-state index in [2.05, 4.69) is 39.8 Å². The van der Waals surface area contributed by atoms with Gasteiger partial charge < -0.3 is 10.3 Å². The van der Waals surface area contributed by atoms with Crippen LogP contribution in [0.3, 0.4) is 0 Å². The van der Waals surface area contributed by atoms with Gasteiger partial charge in [0.2, 0.25) is 0 Å². The van der Waals surface area contributed by atoms with E-state index in [0.717, 1.165) is 25.8 Å². The lowest BCUT2D eigenvalue weighted by Crippen LogP contribution is -3.06. The van der Waals surface area contributed by atoms with Crippen molar-refractivity contribution < 1.29 is 5.06 Å². The van der Waals surface area contributed by atoms with Crippen LogP contribution in [0, 0.1) is 5.21 Å². The number of allylic oxidation sites excluding steroid dienone is 3. The van der Waals surface area contributed by atoms with E-state index in [1.165, 1.54) is 81.8 Å². The third-order valence-electron chi connectivity index (χ3n) is 5.08. The average Bonchev–Trinajstić information content (AvgIpc) is 2.60. The Balaban J connectivity index is 3.40. The highest BCUT2D eigenvalue weighted by Crippen LogP contribution is 2.11. The normalized spacial score (nSPS) is 13.0. The minimum absolute atomic E-state index is 0.415. The first kappa shape index (κ1) is 25.4. The molecule has 2 heteroatoms. The second-order valence-electron chi connectivity index (χ2n) is 8.25. The molecule has 0 aromatic carbocycles. The molecule has 0 rings (SSSR count). The van der Waals surface area contributed by atoms with Crippen LogP contribution in [-0.2, 0) is 0 Å². The van der Waals surface area contributed by atoms with Crippen LogP contribution >= 0.6 is 0 Å². The molecule has 0 aromatic rings. The maximum absolute atomic E-state index is 12.0. The van der Waals surface area contributed by atoms with Gasteiger partial charge in [-0.15, -0.1) is 0 Å². The van der Waals surface area contributed by atoms with Crippen molar-refractivity contribution >= 4 is 0 Å². The molecule has 0 saturated carbocycles. The van der Waals surface area contributed by atoms with Crippen LogP contribution in [0.25, 0.3) is 0 Å². The molecule has 2 nitrogen and oxygen atoms in total. The monoisotopic (exact) mass is 365 g/mol. The fourth-order valence-corrected chi connectivity index (χ4v) is 3.24. The van der Waals surface area contributed by atoms with E-state index < -0.39 is 0 Å². The summed E-state index contributed by atoms with van der Waals surface area (Å²) < 4.78 is 0. The number of rotatable bonds is 18. The van der Waals surface area contributed by atoms with Crippen molar-refractivity contribution in [1.29, 1.82) is 0 Å². The average molecular weight is 366 g/mol. The number of hydrogen-bond acceptors (Lipinski definition) is 1. The molecule has 26 heavy (non-hydrogen) atoms. The molecular weight excluding hydrogens is 318 g/mol. The van der Waals surface area contributed by atoms with Crippen LogP contribution in [0.15, 0.2) is 23.3 Å². The van der Waals surface area contributed by atoms with Gasteiger partial charge in [0.15, 0.2) is 0 Å². The van der Waals surface area contributed by atoms with E-state index >= 15 is 0 Å². The molecule has 0 saturated heterocycles. The Kier molecular flexibility index (Phi) is 18.7. The summed E-state index contributed by atoms with van der Waals surface area (Å²) >= 11 is 0. The third kappa shape index (κ3) is 19.7. The quantitative estimate of drug-likeness (QED) is 0.162. The number of hydroxylamine groups is 2. The van der Waals surface area contributed by atoms with E-state index in [1.54, 1.807) is 0 Å². The molecule has 1 atom stereocenters. The summed E-state index contributed by atoms with van der Waals surface area (Å²) in [5, 5.41) is 12.4. The van der Waals surface area contributed by atoms with Gasteiger partial charge in [0.1, 0.15) is 0 Å². The van der Waals surface area contributed by atoms with Crippen molar-refractivity contribution in [1.82, 2.24) is 0 Å². The zero-order chi connectivity index (χ0) is 19.5. The highest BCUT2D eigenvalue weighted by molar-refractivity contribution is 5.01. The molecule has 0 aliphatic heterocycles. The van der Waals surface area contributed by atoms with Crippen molar-refractivity contribution in [2.24, 2.45) is 0 Å². The molecule has 0 aliphatic rings. The van der Waals surface area contributed by atoms with Crippen LogP contribution in [0.5, 0.6) is 0 Å². The summed E-state index contributed by atoms with van der Waals surface area (Å²) in [4.78, 5) is 0. The van der Waals surface area contributed by atoms with E-state index in [4.69, 9.17) is 0 Å². The number of unbranched alkanes of at least 4 members (excludes halogenated alkanes) is 11. The van der Waals surface area contributed by atoms with Crippen molar-refractivity contribution in [2.75, 3.05) is 13.1 Å². The summed E-state index contributed by atoms with van der Waals surface area (Å²) in [5.74, 6) is 0. The highest BCUT2D eigenvalue weighted by Gasteiger charge is 1.98. The topological polar surface area (TPSA) is 27.5 Å². The summed E-state index contributed by atoms with van der Waals surface area (Å²) in [6.07, 6.45) is 22.8. The van der Waals surface area contributed by atoms with Crippen LogP contribution in [0.1, 0.15) is 118 Å². The number of nitrogens with one attached hydrogen (secondary N) is 1. The molecule has 0 radical (unpaired) electrons. The molecule has 0 bridgehead atoms. The van der Waals surface area contributed by atoms with Gasteiger partial charge in [-0.05, 0) is 52.5 Å². The zero-order valence-electron chi connectivity index (χ0n) is 18.4. The Bertz CT molecular complexity index is 355. The van der Waals surface area contributed by atoms with E-state index in [1.807, 2.05) is 0 Å². The van der Waals surface area contributed by atoms with Gasteiger partial charge >= 0.3 is 0 Å². The Hall–Kier alpha value is -0.600. The van der Waals surface area contributed by atoms with Gasteiger partial charge in [-0.2, -0.15) is 0 Å². The Morgan fingerprint density at radius 3 is 1.73 bits per heavy atom. The number of quaternary nitrogens is 1. The first-order chi connectivity index (χ1) is 12.6. The predicted octanol–water partition coefficient (Wildman–Crippen LogP) is 6.76. The molecule has 0 spiro atoms. The Labute approximate surface area is 164 Å². The second kappa shape index (κ2) is 19.2. The van der Waals surface area contributed by atoms with Crippen molar-refractivity contribution in [3.8, 4) is 0 Å². The lowest BCUT2D eigenvalue weighted by molar-refractivity contribution is -0.841. The van der Waals surface area contributed by atoms with Crippen LogP contribution < -0.4 is 5.06 Å². The molecular formula is C24H47NO. The van der Waals surface area contributed by atoms with Gasteiger partial charge in [0.05, 0.1) is 13.1 Å². The van der Waals surface area contributed by atoms with Gasteiger partial charge in [-0.1, -0.05) is 88.4 Å². The SMILES string of the molecule is CCCCCCCCCCCCCC[NH+]([O-])C/C=C(/C)CCC=C(C)C. The zero-order valence-corrected chi connectivity index (χ0v) is 18.4. The highest BCUT2D eigenvalue weighted by atomic mass is 16.5. The molecule has 0 aliphatic carbocycles. The predicted molar refractivity (Wildman–Crippen MR) is 118 cm³/mol. The standard InChI is InChI=1S/C24H47NO/c1-5-6-7-8-9-10-11-12-13-14-15-16-21-25(26)22-20-24(4)19-17-18-23(2)3/h18,20,25H,5-17,19,21-22H2,1-4H3/b24-20-. The van der Waals surface area contributed by atoms with E-state index in [-0.39, 0.29) is 0 Å². The molecule has 0 aromatic heterocycles. The Morgan fingerprint density at radius 2 is 1.23 bits per heavy atom. The molecule has 1 N–H and O–H groups in total. The minimum atomic E-state index is 0.415. The smallest absolute Gasteiger partial charge is 0.0957 e. The first-order valence-corrected chi connectivity index (χ1v) is 11.4. The maximum Gasteiger partial charge on any atom is 0.0957 e. The lowest BCUT2D eigenvalue weighted by Gasteiger charge is -2.20. The van der Waals surface area contributed by atoms with Crippen molar-refractivity contribution in [3.63, 3.8) is 0 Å². The minimum Gasteiger partial charge on any atom is -0.634 e. The van der Waals surface area contributed by atoms with Crippen LogP contribution in [0.4, 0.5) is 0 Å². The summed E-state index contributed by atoms with van der Waals surface area (Å²) in [5.41, 5.74) is 2.73. The van der Waals surface area contributed by atoms with Crippen LogP contribution in [-0.4, -0.2) is 13.1 Å². The van der Waals surface area contributed by atoms with Gasteiger partial charge in [0, 0.05) is 0 Å². The molecule has 0 heterocycles. The van der Waals surface area contributed by atoms with Gasteiger partial charge in [-0.25, -0.2) is 0 Å². The fourth-order valence-electron chi connectivity index (χ4n) is 3.24. The fraction of sp³-hybridized carbons (Fsp3) is 0.833. The first-order valence-electron chi connectivity index (χ1n) is 11.4. The molecule has 1 unspecified atom stereocenters. The third-order valence-corrected chi connectivity index (χ3v) is 5.08. The lowest BCUT2D eigenvalue weighted by atomic mass is 10.1. The van der Waals surface area contributed by atoms with Crippen LogP contribution in [0.2, 0.25) is 0 Å². The summed E-state index contributed by atoms with van der Waals surface area (Å²) in [7, 11) is 0. The van der Waals surface area contributed by atoms with Crippen molar-refractivity contribution in [3.05, 3.63) is 28.5 Å². The molecule has 154 valence electrons. The second-order valence-corrected chi connectivity index (χ2v) is 8.25. The van der Waals surface area contributed by atoms with Gasteiger partial charge in [-0.3, -0.25) is 0 Å². The maximum atomic E-state index is 12.0. The largest absolute Gasteiger partial charge is 0.634 e. The van der Waals surface area contributed by atoms with Gasteiger partial charge in [0.25, 0.3) is 0 Å². The summed E-state index contributed by atoms with van der Waals surface area (Å²) in [6, 6.07) is 0. The van der Waals surface area contributed by atoms with Crippen molar-refractivity contribution in [2.45, 2.75) is 118 Å². The Morgan fingerprint density at radius 1 is 0.731 bits per heavy atom. The molecule has 0 amide bonds. The number of hydrogen-bond donors (Lipinski definition) is 1. The van der Waals surface area contributed by atoms with E-state index in [0.29, 0.717) is 11.6 Å². The summed E-state index contributed by atoms with van der Waals surface area (Å²) in [6.45, 7) is 10.1. The molecule has 0 fully saturated rings. The van der Waals surface area contributed by atoms with E-state index in [9.17, 15) is 5.21 Å².